The molecule has 9 nitrogen and oxygen atoms in total. The molecule has 2 atom stereocenters. The number of thiazole rings is 1. The SMILES string of the molecule is C=CC(=O)Oc1cc2c(cc1C(C)(C)C)OC(C)(CCOc1ccc(Cc3sc(=O)[nH]c3O)cc1)CC2OC(=O)C=C. The van der Waals surface area contributed by atoms with Crippen LogP contribution in [0.15, 0.2) is 66.5 Å². The highest BCUT2D eigenvalue weighted by atomic mass is 32.1. The Morgan fingerprint density at radius 2 is 1.86 bits per heavy atom. The molecule has 0 saturated heterocycles. The molecule has 1 aromatic heterocycles. The van der Waals surface area contributed by atoms with Crippen molar-refractivity contribution in [2.45, 2.75) is 64.1 Å². The van der Waals surface area contributed by atoms with Gasteiger partial charge in [0.15, 0.2) is 0 Å². The number of carbonyl (C=O) groups excluding carboxylic acids is 2. The van der Waals surface area contributed by atoms with Crippen LogP contribution in [-0.2, 0) is 26.2 Å². The Kier molecular flexibility index (Phi) is 8.96. The highest BCUT2D eigenvalue weighted by molar-refractivity contribution is 7.09. The van der Waals surface area contributed by atoms with Crippen molar-refractivity contribution in [1.29, 1.82) is 0 Å². The molecular weight excluding hydrogens is 558 g/mol. The molecule has 0 amide bonds. The third kappa shape index (κ3) is 7.30. The number of aromatic nitrogens is 1. The van der Waals surface area contributed by atoms with Gasteiger partial charge in [-0.1, -0.05) is 57.4 Å². The summed E-state index contributed by atoms with van der Waals surface area (Å²) in [6, 6.07) is 11.0. The Balaban J connectivity index is 1.52. The van der Waals surface area contributed by atoms with Gasteiger partial charge in [0, 0.05) is 42.5 Å². The van der Waals surface area contributed by atoms with Crippen molar-refractivity contribution in [3.8, 4) is 23.1 Å². The summed E-state index contributed by atoms with van der Waals surface area (Å²) in [5, 5.41) is 9.83. The van der Waals surface area contributed by atoms with Crippen LogP contribution in [0.3, 0.4) is 0 Å². The number of nitrogens with one attached hydrogen (secondary N) is 1. The van der Waals surface area contributed by atoms with Crippen molar-refractivity contribution in [1.82, 2.24) is 4.98 Å². The largest absolute Gasteiger partial charge is 0.494 e. The van der Waals surface area contributed by atoms with Crippen molar-refractivity contribution < 1.29 is 33.6 Å². The summed E-state index contributed by atoms with van der Waals surface area (Å²) in [5.41, 5.74) is 1.15. The van der Waals surface area contributed by atoms with Gasteiger partial charge < -0.3 is 24.1 Å². The molecule has 2 N–H and O–H groups in total. The Bertz CT molecular complexity index is 1550. The first-order valence-electron chi connectivity index (χ1n) is 13.5. The van der Waals surface area contributed by atoms with Gasteiger partial charge in [0.1, 0.15) is 29.0 Å². The van der Waals surface area contributed by atoms with Gasteiger partial charge in [-0.15, -0.1) is 0 Å². The minimum Gasteiger partial charge on any atom is -0.494 e. The van der Waals surface area contributed by atoms with E-state index in [4.69, 9.17) is 18.9 Å². The van der Waals surface area contributed by atoms with E-state index in [1.165, 1.54) is 0 Å². The summed E-state index contributed by atoms with van der Waals surface area (Å²) >= 11 is 0.980. The first-order valence-corrected chi connectivity index (χ1v) is 14.3. The maximum atomic E-state index is 12.3. The van der Waals surface area contributed by atoms with Gasteiger partial charge in [0.25, 0.3) is 0 Å². The van der Waals surface area contributed by atoms with E-state index in [-0.39, 0.29) is 16.2 Å². The molecule has 0 fully saturated rings. The van der Waals surface area contributed by atoms with Crippen molar-refractivity contribution in [2.75, 3.05) is 6.61 Å². The van der Waals surface area contributed by atoms with Crippen LogP contribution in [0.4, 0.5) is 0 Å². The van der Waals surface area contributed by atoms with Crippen LogP contribution < -0.4 is 19.1 Å². The molecule has 2 aromatic carbocycles. The predicted molar refractivity (Wildman–Crippen MR) is 160 cm³/mol. The summed E-state index contributed by atoms with van der Waals surface area (Å²) in [4.78, 5) is 38.4. The van der Waals surface area contributed by atoms with Crippen LogP contribution in [-0.4, -0.2) is 34.2 Å². The molecule has 3 aromatic rings. The number of aromatic hydroxyl groups is 1. The van der Waals surface area contributed by atoms with Gasteiger partial charge >= 0.3 is 16.8 Å². The van der Waals surface area contributed by atoms with Crippen LogP contribution in [0.5, 0.6) is 23.1 Å². The minimum absolute atomic E-state index is 0.103. The summed E-state index contributed by atoms with van der Waals surface area (Å²) < 4.78 is 23.8. The molecule has 2 heterocycles. The first kappa shape index (κ1) is 30.6. The molecule has 10 heteroatoms. The minimum atomic E-state index is -0.739. The quantitative estimate of drug-likeness (QED) is 0.169. The van der Waals surface area contributed by atoms with Crippen LogP contribution in [0.1, 0.15) is 68.2 Å². The second-order valence-corrected chi connectivity index (χ2v) is 12.4. The molecule has 0 saturated carbocycles. The monoisotopic (exact) mass is 593 g/mol. The Morgan fingerprint density at radius 1 is 1.17 bits per heavy atom. The molecule has 1 aliphatic heterocycles. The predicted octanol–water partition coefficient (Wildman–Crippen LogP) is 5.90. The topological polar surface area (TPSA) is 124 Å². The number of fused-ring (bicyclic) bond motifs is 1. The average molecular weight is 594 g/mol. The number of ether oxygens (including phenoxy) is 4. The van der Waals surface area contributed by atoms with E-state index < -0.39 is 23.6 Å². The molecule has 4 rings (SSSR count). The average Bonchev–Trinajstić information content (AvgIpc) is 3.24. The molecule has 0 aliphatic carbocycles. The maximum absolute atomic E-state index is 12.3. The van der Waals surface area contributed by atoms with E-state index in [0.29, 0.717) is 53.6 Å². The fourth-order valence-corrected chi connectivity index (χ4v) is 5.50. The van der Waals surface area contributed by atoms with Crippen molar-refractivity contribution >= 4 is 23.3 Å². The van der Waals surface area contributed by atoms with Crippen LogP contribution in [0.2, 0.25) is 0 Å². The Morgan fingerprint density at radius 3 is 2.45 bits per heavy atom. The van der Waals surface area contributed by atoms with Crippen molar-refractivity contribution in [3.63, 3.8) is 0 Å². The van der Waals surface area contributed by atoms with E-state index in [9.17, 15) is 19.5 Å². The number of hydrogen-bond acceptors (Lipinski definition) is 9. The smallest absolute Gasteiger partial charge is 0.335 e. The number of H-pyrrole nitrogens is 1. The Hall–Kier alpha value is -4.31. The number of hydrogen-bond donors (Lipinski definition) is 2. The molecule has 42 heavy (non-hydrogen) atoms. The number of rotatable bonds is 10. The lowest BCUT2D eigenvalue weighted by Crippen LogP contribution is -2.40. The second-order valence-electron chi connectivity index (χ2n) is 11.4. The third-order valence-electron chi connectivity index (χ3n) is 6.93. The first-order chi connectivity index (χ1) is 19.8. The molecular formula is C32H35NO8S. The number of aromatic amines is 1. The molecule has 0 spiro atoms. The maximum Gasteiger partial charge on any atom is 0.335 e. The van der Waals surface area contributed by atoms with Gasteiger partial charge in [-0.25, -0.2) is 9.59 Å². The van der Waals surface area contributed by atoms with Gasteiger partial charge in [-0.3, -0.25) is 9.78 Å². The summed E-state index contributed by atoms with van der Waals surface area (Å²) in [6.07, 6.45) is 2.79. The Labute approximate surface area is 248 Å². The highest BCUT2D eigenvalue weighted by Crippen LogP contribution is 2.47. The third-order valence-corrected chi connectivity index (χ3v) is 7.80. The number of benzene rings is 2. The zero-order valence-electron chi connectivity index (χ0n) is 24.2. The highest BCUT2D eigenvalue weighted by Gasteiger charge is 2.40. The van der Waals surface area contributed by atoms with Gasteiger partial charge in [0.05, 0.1) is 11.5 Å². The number of carbonyl (C=O) groups is 2. The standard InChI is InChI=1S/C32H35NO8S/c1-7-27(34)39-24-16-21-23(17-22(24)31(3,4)5)41-32(6,18-25(21)40-28(35)8-2)13-14-38-20-11-9-19(10-12-20)15-26-29(36)33-30(37)42-26/h7-12,16-17,25,36H,1-2,13-15,18H2,3-6H3,(H,33,37). The molecule has 222 valence electrons. The molecule has 2 unspecified atom stereocenters. The number of esters is 2. The van der Waals surface area contributed by atoms with Crippen LogP contribution in [0, 0.1) is 0 Å². The molecule has 1 aliphatic rings. The summed E-state index contributed by atoms with van der Waals surface area (Å²) in [7, 11) is 0. The van der Waals surface area contributed by atoms with E-state index in [2.05, 4.69) is 18.1 Å². The summed E-state index contributed by atoms with van der Waals surface area (Å²) in [5.74, 6) is 0.277. The van der Waals surface area contributed by atoms with Gasteiger partial charge in [0.2, 0.25) is 5.88 Å². The fourth-order valence-electron chi connectivity index (χ4n) is 4.74. The van der Waals surface area contributed by atoms with Crippen molar-refractivity contribution in [2.24, 2.45) is 0 Å². The lowest BCUT2D eigenvalue weighted by Gasteiger charge is -2.40. The molecule has 0 bridgehead atoms. The van der Waals surface area contributed by atoms with Gasteiger partial charge in [-0.05, 0) is 42.2 Å². The van der Waals surface area contributed by atoms with E-state index >= 15 is 0 Å². The van der Waals surface area contributed by atoms with E-state index in [1.54, 1.807) is 6.07 Å². The zero-order chi connectivity index (χ0) is 30.7. The zero-order valence-corrected chi connectivity index (χ0v) is 25.0. The van der Waals surface area contributed by atoms with E-state index in [1.807, 2.05) is 58.0 Å². The normalized spacial score (nSPS) is 17.9. The van der Waals surface area contributed by atoms with Crippen LogP contribution in [0.25, 0.3) is 0 Å². The molecule has 0 radical (unpaired) electrons. The fraction of sp³-hybridized carbons (Fsp3) is 0.344. The lowest BCUT2D eigenvalue weighted by atomic mass is 9.82. The van der Waals surface area contributed by atoms with Gasteiger partial charge in [-0.2, -0.15) is 0 Å². The lowest BCUT2D eigenvalue weighted by molar-refractivity contribution is -0.147. The van der Waals surface area contributed by atoms with E-state index in [0.717, 1.165) is 34.6 Å². The van der Waals surface area contributed by atoms with Crippen LogP contribution >= 0.6 is 11.3 Å². The summed E-state index contributed by atoms with van der Waals surface area (Å²) in [6.45, 7) is 15.3. The second kappa shape index (κ2) is 12.3. The van der Waals surface area contributed by atoms with Crippen molar-refractivity contribution in [3.05, 3.63) is 92.9 Å².